The maximum Gasteiger partial charge on any atom is 0.416 e. The first-order valence-corrected chi connectivity index (χ1v) is 8.17. The third-order valence-corrected chi connectivity index (χ3v) is 3.83. The van der Waals surface area contributed by atoms with E-state index in [9.17, 15) is 22.8 Å². The van der Waals surface area contributed by atoms with Crippen molar-refractivity contribution in [1.29, 1.82) is 0 Å². The molecular weight excluding hydrogens is 377 g/mol. The molecule has 150 valence electrons. The number of amides is 2. The molecule has 0 saturated heterocycles. The van der Waals surface area contributed by atoms with Gasteiger partial charge in [0.2, 0.25) is 0 Å². The third-order valence-electron chi connectivity index (χ3n) is 3.83. The molecular formula is C19H19F3N2O4. The maximum absolute atomic E-state index is 12.7. The van der Waals surface area contributed by atoms with E-state index in [-0.39, 0.29) is 18.7 Å². The monoisotopic (exact) mass is 396 g/mol. The standard InChI is InChI=1S/C19H19F3N2O4/c1-27-16-7-6-13(9-15(16)17(25)28-2)11-24-18(26)23-10-12-4-3-5-14(8-12)19(20,21)22/h3-9H,10-11H2,1-2H3,(H2,23,24,26). The number of alkyl halides is 3. The summed E-state index contributed by atoms with van der Waals surface area (Å²) in [6.45, 7) is 0.0359. The number of nitrogens with one attached hydrogen (secondary N) is 2. The Morgan fingerprint density at radius 1 is 0.964 bits per heavy atom. The van der Waals surface area contributed by atoms with E-state index in [0.717, 1.165) is 12.1 Å². The lowest BCUT2D eigenvalue weighted by Gasteiger charge is -2.12. The van der Waals surface area contributed by atoms with Crippen LogP contribution in [0.2, 0.25) is 0 Å². The number of hydrogen-bond donors (Lipinski definition) is 2. The number of carbonyl (C=O) groups excluding carboxylic acids is 2. The lowest BCUT2D eigenvalue weighted by Crippen LogP contribution is -2.34. The van der Waals surface area contributed by atoms with E-state index >= 15 is 0 Å². The molecule has 0 fully saturated rings. The molecule has 0 unspecified atom stereocenters. The molecule has 0 bridgehead atoms. The number of carbonyl (C=O) groups is 2. The van der Waals surface area contributed by atoms with Gasteiger partial charge in [-0.25, -0.2) is 9.59 Å². The normalized spacial score (nSPS) is 10.9. The van der Waals surface area contributed by atoms with Crippen LogP contribution in [-0.4, -0.2) is 26.2 Å². The number of urea groups is 1. The van der Waals surface area contributed by atoms with E-state index in [1.54, 1.807) is 12.1 Å². The molecule has 2 N–H and O–H groups in total. The van der Waals surface area contributed by atoms with Crippen LogP contribution in [0.5, 0.6) is 5.75 Å². The van der Waals surface area contributed by atoms with Gasteiger partial charge in [0.05, 0.1) is 19.8 Å². The molecule has 2 aromatic carbocycles. The zero-order chi connectivity index (χ0) is 20.7. The van der Waals surface area contributed by atoms with Crippen molar-refractivity contribution >= 4 is 12.0 Å². The van der Waals surface area contributed by atoms with Crippen molar-refractivity contribution in [2.75, 3.05) is 14.2 Å². The highest BCUT2D eigenvalue weighted by atomic mass is 19.4. The number of halogens is 3. The van der Waals surface area contributed by atoms with E-state index in [0.29, 0.717) is 16.9 Å². The Morgan fingerprint density at radius 3 is 2.18 bits per heavy atom. The first kappa shape index (κ1) is 21.1. The van der Waals surface area contributed by atoms with Crippen LogP contribution in [0.25, 0.3) is 0 Å². The Bertz CT molecular complexity index is 853. The van der Waals surface area contributed by atoms with Crippen molar-refractivity contribution in [3.05, 3.63) is 64.7 Å². The summed E-state index contributed by atoms with van der Waals surface area (Å²) in [7, 11) is 2.66. The van der Waals surface area contributed by atoms with Gasteiger partial charge in [-0.3, -0.25) is 0 Å². The summed E-state index contributed by atoms with van der Waals surface area (Å²) < 4.78 is 47.9. The van der Waals surface area contributed by atoms with Crippen LogP contribution < -0.4 is 15.4 Å². The van der Waals surface area contributed by atoms with Crippen molar-refractivity contribution in [3.8, 4) is 5.75 Å². The lowest BCUT2D eigenvalue weighted by molar-refractivity contribution is -0.137. The average Bonchev–Trinajstić information content (AvgIpc) is 2.69. The molecule has 0 saturated carbocycles. The molecule has 0 radical (unpaired) electrons. The van der Waals surface area contributed by atoms with Crippen LogP contribution in [0.15, 0.2) is 42.5 Å². The van der Waals surface area contributed by atoms with E-state index < -0.39 is 23.7 Å². The average molecular weight is 396 g/mol. The molecule has 28 heavy (non-hydrogen) atoms. The summed E-state index contributed by atoms with van der Waals surface area (Å²) in [6, 6.07) is 8.91. The number of benzene rings is 2. The third kappa shape index (κ3) is 5.63. The highest BCUT2D eigenvalue weighted by Gasteiger charge is 2.30. The van der Waals surface area contributed by atoms with Gasteiger partial charge in [-0.15, -0.1) is 0 Å². The van der Waals surface area contributed by atoms with Gasteiger partial charge in [-0.2, -0.15) is 13.2 Å². The van der Waals surface area contributed by atoms with E-state index in [4.69, 9.17) is 4.74 Å². The smallest absolute Gasteiger partial charge is 0.416 e. The maximum atomic E-state index is 12.7. The number of hydrogen-bond acceptors (Lipinski definition) is 4. The quantitative estimate of drug-likeness (QED) is 0.733. The predicted octanol–water partition coefficient (Wildman–Crippen LogP) is 3.50. The fourth-order valence-electron chi connectivity index (χ4n) is 2.42. The Morgan fingerprint density at radius 2 is 1.61 bits per heavy atom. The van der Waals surface area contributed by atoms with Crippen molar-refractivity contribution in [1.82, 2.24) is 10.6 Å². The lowest BCUT2D eigenvalue weighted by atomic mass is 10.1. The molecule has 0 aromatic heterocycles. The van der Waals surface area contributed by atoms with E-state index in [1.165, 1.54) is 32.4 Å². The molecule has 0 aliphatic heterocycles. The fraction of sp³-hybridized carbons (Fsp3) is 0.263. The molecule has 2 rings (SSSR count). The Kier molecular flexibility index (Phi) is 6.86. The summed E-state index contributed by atoms with van der Waals surface area (Å²) in [5.74, 6) is -0.239. The fourth-order valence-corrected chi connectivity index (χ4v) is 2.42. The number of ether oxygens (including phenoxy) is 2. The second kappa shape index (κ2) is 9.12. The first-order valence-electron chi connectivity index (χ1n) is 8.17. The molecule has 0 heterocycles. The van der Waals surface area contributed by atoms with E-state index in [1.807, 2.05) is 0 Å². The summed E-state index contributed by atoms with van der Waals surface area (Å²) in [6.07, 6.45) is -4.44. The van der Waals surface area contributed by atoms with Crippen LogP contribution >= 0.6 is 0 Å². The molecule has 2 aromatic rings. The zero-order valence-electron chi connectivity index (χ0n) is 15.2. The van der Waals surface area contributed by atoms with Crippen LogP contribution in [0.3, 0.4) is 0 Å². The van der Waals surface area contributed by atoms with Crippen molar-refractivity contribution in [2.24, 2.45) is 0 Å². The van der Waals surface area contributed by atoms with Crippen molar-refractivity contribution in [2.45, 2.75) is 19.3 Å². The van der Waals surface area contributed by atoms with Gasteiger partial charge in [0.25, 0.3) is 0 Å². The molecule has 0 spiro atoms. The summed E-state index contributed by atoms with van der Waals surface area (Å²) in [5, 5.41) is 5.06. The largest absolute Gasteiger partial charge is 0.496 e. The van der Waals surface area contributed by atoms with Gasteiger partial charge in [0.1, 0.15) is 11.3 Å². The second-order valence-electron chi connectivity index (χ2n) is 5.76. The zero-order valence-corrected chi connectivity index (χ0v) is 15.2. The minimum absolute atomic E-state index is 0.0637. The van der Waals surface area contributed by atoms with Crippen molar-refractivity contribution in [3.63, 3.8) is 0 Å². The van der Waals surface area contributed by atoms with Gasteiger partial charge in [-0.1, -0.05) is 18.2 Å². The number of rotatable bonds is 6. The van der Waals surface area contributed by atoms with Gasteiger partial charge in [0.15, 0.2) is 0 Å². The van der Waals surface area contributed by atoms with Crippen molar-refractivity contribution < 1.29 is 32.2 Å². The predicted molar refractivity (Wildman–Crippen MR) is 94.9 cm³/mol. The van der Waals surface area contributed by atoms with E-state index in [2.05, 4.69) is 15.4 Å². The molecule has 0 aliphatic carbocycles. The van der Waals surface area contributed by atoms with Gasteiger partial charge >= 0.3 is 18.2 Å². The van der Waals surface area contributed by atoms with Gasteiger partial charge in [-0.05, 0) is 35.4 Å². The molecule has 0 aliphatic rings. The Labute approximate surface area is 159 Å². The molecule has 9 heteroatoms. The van der Waals surface area contributed by atoms with Crippen LogP contribution in [0, 0.1) is 0 Å². The minimum Gasteiger partial charge on any atom is -0.496 e. The topological polar surface area (TPSA) is 76.7 Å². The van der Waals surface area contributed by atoms with Crippen LogP contribution in [0.4, 0.5) is 18.0 Å². The molecule has 6 nitrogen and oxygen atoms in total. The highest BCUT2D eigenvalue weighted by molar-refractivity contribution is 5.92. The van der Waals surface area contributed by atoms with Gasteiger partial charge < -0.3 is 20.1 Å². The summed E-state index contributed by atoms with van der Waals surface area (Å²) in [5.41, 5.74) is 0.382. The summed E-state index contributed by atoms with van der Waals surface area (Å²) >= 11 is 0. The minimum atomic E-state index is -4.44. The molecule has 2 amide bonds. The number of methoxy groups -OCH3 is 2. The van der Waals surface area contributed by atoms with Gasteiger partial charge in [0, 0.05) is 13.1 Å². The SMILES string of the molecule is COC(=O)c1cc(CNC(=O)NCc2cccc(C(F)(F)F)c2)ccc1OC. The Balaban J connectivity index is 1.93. The van der Waals surface area contributed by atoms with Crippen LogP contribution in [-0.2, 0) is 24.0 Å². The highest BCUT2D eigenvalue weighted by Crippen LogP contribution is 2.29. The summed E-state index contributed by atoms with van der Waals surface area (Å²) in [4.78, 5) is 23.7. The first-order chi connectivity index (χ1) is 13.2. The second-order valence-corrected chi connectivity index (χ2v) is 5.76. The molecule has 0 atom stereocenters. The number of esters is 1. The Hall–Kier alpha value is -3.23. The van der Waals surface area contributed by atoms with Crippen LogP contribution in [0.1, 0.15) is 27.0 Å².